The molecule has 0 aliphatic heterocycles. The predicted octanol–water partition coefficient (Wildman–Crippen LogP) is 4.94. The number of fused-ring (bicyclic) bond motifs is 1. The van der Waals surface area contributed by atoms with Crippen LogP contribution in [0.25, 0.3) is 10.9 Å². The van der Waals surface area contributed by atoms with Crippen LogP contribution in [0.15, 0.2) is 34.9 Å². The molecule has 0 amide bonds. The lowest BCUT2D eigenvalue weighted by molar-refractivity contribution is 0.774. The number of hydrogen-bond acceptors (Lipinski definition) is 1. The van der Waals surface area contributed by atoms with Crippen molar-refractivity contribution in [3.05, 3.63) is 34.9 Å². The minimum Gasteiger partial charge on any atom is -0.347 e. The quantitative estimate of drug-likeness (QED) is 0.777. The second kappa shape index (κ2) is 5.07. The van der Waals surface area contributed by atoms with E-state index in [0.29, 0.717) is 4.75 Å². The summed E-state index contributed by atoms with van der Waals surface area (Å²) in [6.07, 6.45) is 2.18. The third-order valence-electron chi connectivity index (χ3n) is 2.60. The maximum Gasteiger partial charge on any atom is 0.0481 e. The summed E-state index contributed by atoms with van der Waals surface area (Å²) in [4.78, 5) is 0. The zero-order chi connectivity index (χ0) is 12.5. The van der Waals surface area contributed by atoms with Crippen molar-refractivity contribution in [3.63, 3.8) is 0 Å². The summed E-state index contributed by atoms with van der Waals surface area (Å²) in [6, 6.07) is 8.64. The van der Waals surface area contributed by atoms with Crippen LogP contribution in [-0.4, -0.2) is 15.1 Å². The van der Waals surface area contributed by atoms with Crippen LogP contribution >= 0.6 is 27.7 Å². The van der Waals surface area contributed by atoms with Gasteiger partial charge in [-0.15, -0.1) is 0 Å². The standard InChI is InChI=1S/C14H18BrNS/c1-14(2,3)17-9-8-16-7-6-11-10-12(15)4-5-13(11)16/h4-7,10H,8-9H2,1-3H3. The average Bonchev–Trinajstić information content (AvgIpc) is 2.59. The lowest BCUT2D eigenvalue weighted by Crippen LogP contribution is -2.10. The molecule has 0 radical (unpaired) electrons. The SMILES string of the molecule is CC(C)(C)SCCn1ccc2cc(Br)ccc21. The number of aryl methyl sites for hydroxylation is 1. The summed E-state index contributed by atoms with van der Waals surface area (Å²) in [6.45, 7) is 7.88. The fourth-order valence-corrected chi connectivity index (χ4v) is 3.10. The summed E-state index contributed by atoms with van der Waals surface area (Å²) in [5.74, 6) is 1.16. The minimum absolute atomic E-state index is 0.353. The second-order valence-corrected chi connectivity index (χ2v) is 8.01. The fraction of sp³-hybridized carbons (Fsp3) is 0.429. The molecule has 1 aromatic heterocycles. The van der Waals surface area contributed by atoms with Crippen LogP contribution in [0.1, 0.15) is 20.8 Å². The van der Waals surface area contributed by atoms with Gasteiger partial charge in [0.05, 0.1) is 0 Å². The molecule has 1 heterocycles. The first-order valence-corrected chi connectivity index (χ1v) is 7.62. The van der Waals surface area contributed by atoms with Crippen molar-refractivity contribution < 1.29 is 0 Å². The summed E-state index contributed by atoms with van der Waals surface area (Å²) in [5, 5.41) is 1.31. The molecule has 0 spiro atoms. The van der Waals surface area contributed by atoms with Crippen molar-refractivity contribution in [2.75, 3.05) is 5.75 Å². The van der Waals surface area contributed by atoms with Crippen LogP contribution in [0, 0.1) is 0 Å². The van der Waals surface area contributed by atoms with E-state index in [9.17, 15) is 0 Å². The molecule has 0 bridgehead atoms. The zero-order valence-electron chi connectivity index (χ0n) is 10.5. The van der Waals surface area contributed by atoms with Gasteiger partial charge < -0.3 is 4.57 Å². The van der Waals surface area contributed by atoms with Crippen molar-refractivity contribution in [3.8, 4) is 0 Å². The van der Waals surface area contributed by atoms with Crippen LogP contribution in [0.2, 0.25) is 0 Å². The van der Waals surface area contributed by atoms with E-state index < -0.39 is 0 Å². The number of nitrogens with zero attached hydrogens (tertiary/aromatic N) is 1. The van der Waals surface area contributed by atoms with Gasteiger partial charge in [0.25, 0.3) is 0 Å². The maximum atomic E-state index is 3.51. The smallest absolute Gasteiger partial charge is 0.0481 e. The van der Waals surface area contributed by atoms with E-state index >= 15 is 0 Å². The third-order valence-corrected chi connectivity index (χ3v) is 4.35. The van der Waals surface area contributed by atoms with Gasteiger partial charge >= 0.3 is 0 Å². The highest BCUT2D eigenvalue weighted by molar-refractivity contribution is 9.10. The lowest BCUT2D eigenvalue weighted by atomic mass is 10.2. The van der Waals surface area contributed by atoms with E-state index in [2.05, 4.69) is 71.7 Å². The monoisotopic (exact) mass is 311 g/mol. The van der Waals surface area contributed by atoms with Gasteiger partial charge in [0.1, 0.15) is 0 Å². The molecule has 0 saturated heterocycles. The van der Waals surface area contributed by atoms with Gasteiger partial charge in [-0.2, -0.15) is 11.8 Å². The summed E-state index contributed by atoms with van der Waals surface area (Å²) in [5.41, 5.74) is 1.32. The van der Waals surface area contributed by atoms with Crippen molar-refractivity contribution in [2.45, 2.75) is 32.1 Å². The molecule has 1 aromatic carbocycles. The molecule has 0 saturated carbocycles. The Morgan fingerprint density at radius 3 is 2.71 bits per heavy atom. The highest BCUT2D eigenvalue weighted by Gasteiger charge is 2.10. The van der Waals surface area contributed by atoms with Crippen LogP contribution in [-0.2, 0) is 6.54 Å². The number of thioether (sulfide) groups is 1. The first-order valence-electron chi connectivity index (χ1n) is 5.84. The molecule has 0 unspecified atom stereocenters. The number of aromatic nitrogens is 1. The van der Waals surface area contributed by atoms with Crippen LogP contribution in [0.4, 0.5) is 0 Å². The Bertz CT molecular complexity index is 510. The van der Waals surface area contributed by atoms with Gasteiger partial charge in [-0.3, -0.25) is 0 Å². The highest BCUT2D eigenvalue weighted by atomic mass is 79.9. The van der Waals surface area contributed by atoms with E-state index in [4.69, 9.17) is 0 Å². The summed E-state index contributed by atoms with van der Waals surface area (Å²) >= 11 is 5.52. The Balaban J connectivity index is 2.09. The number of halogens is 1. The number of benzene rings is 1. The lowest BCUT2D eigenvalue weighted by Gasteiger charge is -2.17. The first-order chi connectivity index (χ1) is 7.96. The number of rotatable bonds is 3. The summed E-state index contributed by atoms with van der Waals surface area (Å²) in [7, 11) is 0. The van der Waals surface area contributed by atoms with E-state index in [-0.39, 0.29) is 0 Å². The van der Waals surface area contributed by atoms with E-state index in [1.807, 2.05) is 11.8 Å². The van der Waals surface area contributed by atoms with Crippen LogP contribution in [0.3, 0.4) is 0 Å². The van der Waals surface area contributed by atoms with Gasteiger partial charge in [0, 0.05) is 38.6 Å². The van der Waals surface area contributed by atoms with E-state index in [1.165, 1.54) is 10.9 Å². The Hall–Kier alpha value is -0.410. The fourth-order valence-electron chi connectivity index (χ4n) is 1.82. The van der Waals surface area contributed by atoms with Crippen LogP contribution in [0.5, 0.6) is 0 Å². The second-order valence-electron chi connectivity index (χ2n) is 5.17. The Kier molecular flexibility index (Phi) is 3.88. The molecule has 0 aliphatic carbocycles. The van der Waals surface area contributed by atoms with Gasteiger partial charge in [-0.25, -0.2) is 0 Å². The maximum absolute atomic E-state index is 3.51. The molecule has 2 rings (SSSR count). The molecule has 1 nitrogen and oxygen atoms in total. The topological polar surface area (TPSA) is 4.93 Å². The Morgan fingerprint density at radius 1 is 1.24 bits per heavy atom. The van der Waals surface area contributed by atoms with Crippen molar-refractivity contribution in [1.29, 1.82) is 0 Å². The molecular formula is C14H18BrNS. The molecule has 0 atom stereocenters. The molecule has 0 N–H and O–H groups in total. The van der Waals surface area contributed by atoms with E-state index in [0.717, 1.165) is 16.8 Å². The van der Waals surface area contributed by atoms with Gasteiger partial charge in [-0.1, -0.05) is 36.7 Å². The minimum atomic E-state index is 0.353. The van der Waals surface area contributed by atoms with Crippen LogP contribution < -0.4 is 0 Å². The third kappa shape index (κ3) is 3.52. The van der Waals surface area contributed by atoms with Gasteiger partial charge in [0.15, 0.2) is 0 Å². The average molecular weight is 312 g/mol. The highest BCUT2D eigenvalue weighted by Crippen LogP contribution is 2.25. The molecule has 0 fully saturated rings. The van der Waals surface area contributed by atoms with Gasteiger partial charge in [-0.05, 0) is 24.3 Å². The van der Waals surface area contributed by atoms with Crippen molar-refractivity contribution in [1.82, 2.24) is 4.57 Å². The zero-order valence-corrected chi connectivity index (χ0v) is 12.9. The Labute approximate surface area is 116 Å². The molecule has 92 valence electrons. The molecular weight excluding hydrogens is 294 g/mol. The summed E-state index contributed by atoms with van der Waals surface area (Å²) < 4.78 is 3.83. The van der Waals surface area contributed by atoms with Gasteiger partial charge in [0.2, 0.25) is 0 Å². The first kappa shape index (κ1) is 13.0. The molecule has 3 heteroatoms. The number of hydrogen-bond donors (Lipinski definition) is 0. The van der Waals surface area contributed by atoms with Crippen molar-refractivity contribution in [2.24, 2.45) is 0 Å². The molecule has 17 heavy (non-hydrogen) atoms. The predicted molar refractivity (Wildman–Crippen MR) is 81.8 cm³/mol. The normalized spacial score (nSPS) is 12.2. The van der Waals surface area contributed by atoms with Crippen molar-refractivity contribution >= 4 is 38.6 Å². The molecule has 2 aromatic rings. The molecule has 0 aliphatic rings. The largest absolute Gasteiger partial charge is 0.347 e. The van der Waals surface area contributed by atoms with E-state index in [1.54, 1.807) is 0 Å². The Morgan fingerprint density at radius 2 is 2.00 bits per heavy atom.